The lowest BCUT2D eigenvalue weighted by Crippen LogP contribution is -2.37. The third kappa shape index (κ3) is 7.45. The van der Waals surface area contributed by atoms with Crippen LogP contribution in [0.1, 0.15) is 35.6 Å². The van der Waals surface area contributed by atoms with Crippen molar-refractivity contribution in [1.82, 2.24) is 10.6 Å². The molecular weight excluding hydrogens is 389 g/mol. The smallest absolute Gasteiger partial charge is 0.191 e. The van der Waals surface area contributed by atoms with Crippen LogP contribution in [0.3, 0.4) is 0 Å². The van der Waals surface area contributed by atoms with Crippen molar-refractivity contribution in [3.63, 3.8) is 0 Å². The molecule has 0 amide bonds. The number of benzene rings is 1. The number of aliphatic imine (C=N–C) groups is 1. The number of nitrogens with one attached hydrogen (secondary N) is 2. The minimum Gasteiger partial charge on any atom is -0.382 e. The zero-order chi connectivity index (χ0) is 15.7. The quantitative estimate of drug-likeness (QED) is 0.309. The summed E-state index contributed by atoms with van der Waals surface area (Å²) >= 11 is 0. The molecule has 1 aromatic rings. The van der Waals surface area contributed by atoms with Crippen LogP contribution < -0.4 is 10.6 Å². The minimum atomic E-state index is 0. The van der Waals surface area contributed by atoms with Crippen LogP contribution in [-0.2, 0) is 11.3 Å². The van der Waals surface area contributed by atoms with E-state index in [2.05, 4.69) is 48.5 Å². The van der Waals surface area contributed by atoms with Crippen LogP contribution in [0.4, 0.5) is 0 Å². The van der Waals surface area contributed by atoms with E-state index >= 15 is 0 Å². The molecule has 2 N–H and O–H groups in total. The summed E-state index contributed by atoms with van der Waals surface area (Å²) in [6.45, 7) is 11.7. The van der Waals surface area contributed by atoms with Crippen LogP contribution in [0, 0.1) is 20.8 Å². The van der Waals surface area contributed by atoms with Gasteiger partial charge in [0.1, 0.15) is 0 Å². The van der Waals surface area contributed by atoms with Crippen molar-refractivity contribution >= 4 is 29.9 Å². The molecule has 5 heteroatoms. The minimum absolute atomic E-state index is 0. The maximum atomic E-state index is 5.32. The van der Waals surface area contributed by atoms with Gasteiger partial charge in [0.25, 0.3) is 0 Å². The molecular formula is C17H30IN3O. The molecule has 0 aliphatic carbocycles. The van der Waals surface area contributed by atoms with Gasteiger partial charge in [-0.1, -0.05) is 17.7 Å². The third-order valence-electron chi connectivity index (χ3n) is 3.46. The van der Waals surface area contributed by atoms with Crippen LogP contribution in [0.15, 0.2) is 17.1 Å². The summed E-state index contributed by atoms with van der Waals surface area (Å²) in [6, 6.07) is 4.45. The van der Waals surface area contributed by atoms with Crippen molar-refractivity contribution in [3.05, 3.63) is 34.4 Å². The molecule has 1 aromatic carbocycles. The Morgan fingerprint density at radius 1 is 1.14 bits per heavy atom. The largest absolute Gasteiger partial charge is 0.382 e. The van der Waals surface area contributed by atoms with Crippen molar-refractivity contribution < 1.29 is 4.74 Å². The van der Waals surface area contributed by atoms with Crippen LogP contribution in [-0.4, -0.2) is 32.8 Å². The van der Waals surface area contributed by atoms with E-state index in [9.17, 15) is 0 Å². The van der Waals surface area contributed by atoms with Gasteiger partial charge in [0, 0.05) is 33.4 Å². The normalized spacial score (nSPS) is 11.0. The van der Waals surface area contributed by atoms with Crippen molar-refractivity contribution in [2.75, 3.05) is 26.8 Å². The Labute approximate surface area is 152 Å². The molecule has 0 saturated carbocycles. The van der Waals surface area contributed by atoms with Gasteiger partial charge in [-0.05, 0) is 50.8 Å². The van der Waals surface area contributed by atoms with Crippen molar-refractivity contribution in [1.29, 1.82) is 0 Å². The summed E-state index contributed by atoms with van der Waals surface area (Å²) in [5.41, 5.74) is 5.31. The molecule has 0 aliphatic heterocycles. The molecule has 0 spiro atoms. The molecule has 126 valence electrons. The van der Waals surface area contributed by atoms with E-state index in [-0.39, 0.29) is 24.0 Å². The van der Waals surface area contributed by atoms with Gasteiger partial charge in [0.15, 0.2) is 5.96 Å². The molecule has 22 heavy (non-hydrogen) atoms. The van der Waals surface area contributed by atoms with E-state index in [1.807, 2.05) is 6.92 Å². The van der Waals surface area contributed by atoms with E-state index in [4.69, 9.17) is 4.74 Å². The number of aryl methyl sites for hydroxylation is 3. The van der Waals surface area contributed by atoms with Crippen LogP contribution in [0.5, 0.6) is 0 Å². The van der Waals surface area contributed by atoms with E-state index in [1.165, 1.54) is 22.3 Å². The van der Waals surface area contributed by atoms with Gasteiger partial charge in [0.05, 0.1) is 0 Å². The standard InChI is InChI=1S/C17H29N3O.HI/c1-6-21-9-7-8-19-17(18-5)20-12-16-14(3)10-13(2)11-15(16)4;/h10-11H,6-9,12H2,1-5H3,(H2,18,19,20);1H. The molecule has 0 unspecified atom stereocenters. The van der Waals surface area contributed by atoms with Gasteiger partial charge in [-0.25, -0.2) is 0 Å². The predicted molar refractivity (Wildman–Crippen MR) is 105 cm³/mol. The topological polar surface area (TPSA) is 45.6 Å². The highest BCUT2D eigenvalue weighted by Crippen LogP contribution is 2.15. The summed E-state index contributed by atoms with van der Waals surface area (Å²) in [5.74, 6) is 0.839. The molecule has 4 nitrogen and oxygen atoms in total. The molecule has 0 radical (unpaired) electrons. The highest BCUT2D eigenvalue weighted by atomic mass is 127. The SMILES string of the molecule is CCOCCCNC(=NC)NCc1c(C)cc(C)cc1C.I. The van der Waals surface area contributed by atoms with E-state index in [0.717, 1.165) is 38.7 Å². The summed E-state index contributed by atoms with van der Waals surface area (Å²) in [4.78, 5) is 4.25. The van der Waals surface area contributed by atoms with Gasteiger partial charge < -0.3 is 15.4 Å². The first kappa shape index (κ1) is 21.2. The Morgan fingerprint density at radius 2 is 1.77 bits per heavy atom. The second kappa shape index (κ2) is 11.7. The molecule has 0 aromatic heterocycles. The molecule has 0 bridgehead atoms. The lowest BCUT2D eigenvalue weighted by molar-refractivity contribution is 0.145. The van der Waals surface area contributed by atoms with Gasteiger partial charge in [-0.3, -0.25) is 4.99 Å². The van der Waals surface area contributed by atoms with Crippen LogP contribution in [0.2, 0.25) is 0 Å². The molecule has 1 rings (SSSR count). The van der Waals surface area contributed by atoms with Gasteiger partial charge in [-0.2, -0.15) is 0 Å². The Hall–Kier alpha value is -0.820. The number of hydrogen-bond donors (Lipinski definition) is 2. The van der Waals surface area contributed by atoms with E-state index in [1.54, 1.807) is 7.05 Å². The average Bonchev–Trinajstić information content (AvgIpc) is 2.43. The van der Waals surface area contributed by atoms with Crippen molar-refractivity contribution in [3.8, 4) is 0 Å². The summed E-state index contributed by atoms with van der Waals surface area (Å²) in [6.07, 6.45) is 0.983. The maximum Gasteiger partial charge on any atom is 0.191 e. The number of halogens is 1. The third-order valence-corrected chi connectivity index (χ3v) is 3.46. The summed E-state index contributed by atoms with van der Waals surface area (Å²) in [7, 11) is 1.80. The first-order chi connectivity index (χ1) is 10.1. The fourth-order valence-electron chi connectivity index (χ4n) is 2.41. The zero-order valence-electron chi connectivity index (χ0n) is 14.5. The second-order valence-electron chi connectivity index (χ2n) is 5.28. The van der Waals surface area contributed by atoms with E-state index in [0.29, 0.717) is 0 Å². The first-order valence-corrected chi connectivity index (χ1v) is 7.67. The fraction of sp³-hybridized carbons (Fsp3) is 0.588. The first-order valence-electron chi connectivity index (χ1n) is 7.67. The van der Waals surface area contributed by atoms with Gasteiger partial charge in [-0.15, -0.1) is 24.0 Å². The lowest BCUT2D eigenvalue weighted by Gasteiger charge is -2.15. The number of hydrogen-bond acceptors (Lipinski definition) is 2. The van der Waals surface area contributed by atoms with Crippen molar-refractivity contribution in [2.45, 2.75) is 40.7 Å². The Morgan fingerprint density at radius 3 is 2.32 bits per heavy atom. The summed E-state index contributed by atoms with van der Waals surface area (Å²) < 4.78 is 5.32. The molecule has 0 atom stereocenters. The number of nitrogens with zero attached hydrogens (tertiary/aromatic N) is 1. The van der Waals surface area contributed by atoms with Gasteiger partial charge in [0.2, 0.25) is 0 Å². The Balaban J connectivity index is 0.00000441. The zero-order valence-corrected chi connectivity index (χ0v) is 16.8. The van der Waals surface area contributed by atoms with E-state index < -0.39 is 0 Å². The molecule has 0 fully saturated rings. The highest BCUT2D eigenvalue weighted by Gasteiger charge is 2.05. The number of ether oxygens (including phenoxy) is 1. The fourth-order valence-corrected chi connectivity index (χ4v) is 2.41. The molecule has 0 aliphatic rings. The maximum absolute atomic E-state index is 5.32. The van der Waals surface area contributed by atoms with Gasteiger partial charge >= 0.3 is 0 Å². The second-order valence-corrected chi connectivity index (χ2v) is 5.28. The molecule has 0 saturated heterocycles. The van der Waals surface area contributed by atoms with Crippen molar-refractivity contribution in [2.24, 2.45) is 4.99 Å². The number of guanidine groups is 1. The highest BCUT2D eigenvalue weighted by molar-refractivity contribution is 14.0. The monoisotopic (exact) mass is 419 g/mol. The van der Waals surface area contributed by atoms with Crippen LogP contribution >= 0.6 is 24.0 Å². The average molecular weight is 419 g/mol. The lowest BCUT2D eigenvalue weighted by atomic mass is 10.00. The Kier molecular flexibility index (Phi) is 11.3. The Bertz CT molecular complexity index is 452. The molecule has 0 heterocycles. The predicted octanol–water partition coefficient (Wildman–Crippen LogP) is 3.32. The van der Waals surface area contributed by atoms with Crippen LogP contribution in [0.25, 0.3) is 0 Å². The summed E-state index contributed by atoms with van der Waals surface area (Å²) in [5, 5.41) is 6.68. The number of rotatable bonds is 7.